The molecule has 0 saturated carbocycles. The molecular formula is C14H23NO. The van der Waals surface area contributed by atoms with Crippen LogP contribution in [0.3, 0.4) is 0 Å². The van der Waals surface area contributed by atoms with Crippen molar-refractivity contribution in [3.05, 3.63) is 35.9 Å². The monoisotopic (exact) mass is 221 g/mol. The van der Waals surface area contributed by atoms with Gasteiger partial charge in [-0.3, -0.25) is 0 Å². The van der Waals surface area contributed by atoms with Gasteiger partial charge in [-0.25, -0.2) is 0 Å². The van der Waals surface area contributed by atoms with E-state index in [0.717, 1.165) is 32.7 Å². The number of unbranched alkanes of at least 4 members (excludes halogenated alkanes) is 1. The predicted octanol–water partition coefficient (Wildman–Crippen LogP) is 2.64. The average Bonchev–Trinajstić information content (AvgIpc) is 2.34. The molecule has 0 aliphatic carbocycles. The van der Waals surface area contributed by atoms with Crippen LogP contribution in [-0.2, 0) is 11.2 Å². The molecule has 0 heterocycles. The van der Waals surface area contributed by atoms with Crippen molar-refractivity contribution in [3.8, 4) is 0 Å². The molecule has 2 nitrogen and oxygen atoms in total. The van der Waals surface area contributed by atoms with E-state index in [0.29, 0.717) is 0 Å². The minimum Gasteiger partial charge on any atom is -0.380 e. The number of hydrogen-bond acceptors (Lipinski definition) is 2. The van der Waals surface area contributed by atoms with Crippen molar-refractivity contribution < 1.29 is 4.74 Å². The van der Waals surface area contributed by atoms with Crippen molar-refractivity contribution in [2.24, 2.45) is 0 Å². The first-order valence-electron chi connectivity index (χ1n) is 6.26. The molecule has 0 aliphatic heterocycles. The molecule has 0 radical (unpaired) electrons. The van der Waals surface area contributed by atoms with Crippen molar-refractivity contribution in [3.63, 3.8) is 0 Å². The predicted molar refractivity (Wildman–Crippen MR) is 68.7 cm³/mol. The van der Waals surface area contributed by atoms with E-state index in [2.05, 4.69) is 36.5 Å². The third-order valence-electron chi connectivity index (χ3n) is 2.51. The number of benzene rings is 1. The Morgan fingerprint density at radius 3 is 2.62 bits per heavy atom. The standard InChI is InChI=1S/C14H23NO/c1-2-3-10-15-11-13-16-12-9-14-7-5-4-6-8-14/h4-8,15H,2-3,9-13H2,1H3. The largest absolute Gasteiger partial charge is 0.380 e. The van der Waals surface area contributed by atoms with Crippen LogP contribution >= 0.6 is 0 Å². The van der Waals surface area contributed by atoms with E-state index in [1.807, 2.05) is 6.07 Å². The topological polar surface area (TPSA) is 21.3 Å². The summed E-state index contributed by atoms with van der Waals surface area (Å²) >= 11 is 0. The number of rotatable bonds is 9. The summed E-state index contributed by atoms with van der Waals surface area (Å²) in [6.45, 7) is 5.92. The maximum absolute atomic E-state index is 5.56. The summed E-state index contributed by atoms with van der Waals surface area (Å²) in [5.74, 6) is 0. The second kappa shape index (κ2) is 9.37. The Morgan fingerprint density at radius 2 is 1.88 bits per heavy atom. The third kappa shape index (κ3) is 6.59. The van der Waals surface area contributed by atoms with Crippen LogP contribution < -0.4 is 5.32 Å². The summed E-state index contributed by atoms with van der Waals surface area (Å²) in [7, 11) is 0. The summed E-state index contributed by atoms with van der Waals surface area (Å²) in [5, 5.41) is 3.36. The molecule has 0 fully saturated rings. The minimum absolute atomic E-state index is 0.816. The third-order valence-corrected chi connectivity index (χ3v) is 2.51. The lowest BCUT2D eigenvalue weighted by molar-refractivity contribution is 0.139. The van der Waals surface area contributed by atoms with Gasteiger partial charge in [-0.1, -0.05) is 43.7 Å². The van der Waals surface area contributed by atoms with Gasteiger partial charge in [0.15, 0.2) is 0 Å². The summed E-state index contributed by atoms with van der Waals surface area (Å²) in [6, 6.07) is 10.5. The summed E-state index contributed by atoms with van der Waals surface area (Å²) in [6.07, 6.45) is 3.52. The molecule has 2 heteroatoms. The van der Waals surface area contributed by atoms with Gasteiger partial charge < -0.3 is 10.1 Å². The number of nitrogens with one attached hydrogen (secondary N) is 1. The van der Waals surface area contributed by atoms with Gasteiger partial charge in [0.25, 0.3) is 0 Å². The lowest BCUT2D eigenvalue weighted by atomic mass is 10.2. The van der Waals surface area contributed by atoms with Crippen LogP contribution in [0, 0.1) is 0 Å². The SMILES string of the molecule is CCCCNCCOCCc1ccccc1. The lowest BCUT2D eigenvalue weighted by Gasteiger charge is -2.05. The van der Waals surface area contributed by atoms with Gasteiger partial charge in [-0.2, -0.15) is 0 Å². The number of hydrogen-bond donors (Lipinski definition) is 1. The highest BCUT2D eigenvalue weighted by Crippen LogP contribution is 1.99. The molecule has 0 unspecified atom stereocenters. The summed E-state index contributed by atoms with van der Waals surface area (Å²) in [5.41, 5.74) is 1.35. The fourth-order valence-corrected chi connectivity index (χ4v) is 1.51. The zero-order valence-electron chi connectivity index (χ0n) is 10.2. The molecular weight excluding hydrogens is 198 g/mol. The first kappa shape index (κ1) is 13.2. The van der Waals surface area contributed by atoms with E-state index < -0.39 is 0 Å². The van der Waals surface area contributed by atoms with Gasteiger partial charge in [0.2, 0.25) is 0 Å². The van der Waals surface area contributed by atoms with Crippen molar-refractivity contribution in [1.29, 1.82) is 0 Å². The normalized spacial score (nSPS) is 10.6. The van der Waals surface area contributed by atoms with E-state index in [4.69, 9.17) is 4.74 Å². The first-order valence-corrected chi connectivity index (χ1v) is 6.26. The van der Waals surface area contributed by atoms with Crippen molar-refractivity contribution in [2.45, 2.75) is 26.2 Å². The maximum Gasteiger partial charge on any atom is 0.0591 e. The van der Waals surface area contributed by atoms with Crippen LogP contribution in [0.1, 0.15) is 25.3 Å². The van der Waals surface area contributed by atoms with Gasteiger partial charge in [-0.15, -0.1) is 0 Å². The highest BCUT2D eigenvalue weighted by molar-refractivity contribution is 5.14. The van der Waals surface area contributed by atoms with Crippen LogP contribution in [0.4, 0.5) is 0 Å². The molecule has 1 N–H and O–H groups in total. The molecule has 0 bridgehead atoms. The second-order valence-electron chi connectivity index (χ2n) is 3.95. The molecule has 16 heavy (non-hydrogen) atoms. The van der Waals surface area contributed by atoms with Gasteiger partial charge in [0.05, 0.1) is 13.2 Å². The Bertz CT molecular complexity index is 248. The van der Waals surface area contributed by atoms with Crippen molar-refractivity contribution in [1.82, 2.24) is 5.32 Å². The van der Waals surface area contributed by atoms with E-state index in [1.165, 1.54) is 18.4 Å². The Hall–Kier alpha value is -0.860. The van der Waals surface area contributed by atoms with Gasteiger partial charge in [0.1, 0.15) is 0 Å². The fourth-order valence-electron chi connectivity index (χ4n) is 1.51. The highest BCUT2D eigenvalue weighted by Gasteiger charge is 1.92. The second-order valence-corrected chi connectivity index (χ2v) is 3.95. The smallest absolute Gasteiger partial charge is 0.0591 e. The Labute approximate surface area is 99.0 Å². The molecule has 90 valence electrons. The summed E-state index contributed by atoms with van der Waals surface area (Å²) < 4.78 is 5.56. The maximum atomic E-state index is 5.56. The molecule has 0 amide bonds. The molecule has 0 aromatic heterocycles. The van der Waals surface area contributed by atoms with Gasteiger partial charge >= 0.3 is 0 Å². The molecule has 1 aromatic carbocycles. The first-order chi connectivity index (χ1) is 7.93. The van der Waals surface area contributed by atoms with Crippen LogP contribution in [0.2, 0.25) is 0 Å². The van der Waals surface area contributed by atoms with E-state index in [1.54, 1.807) is 0 Å². The molecule has 1 aromatic rings. The van der Waals surface area contributed by atoms with Gasteiger partial charge in [0, 0.05) is 6.54 Å². The van der Waals surface area contributed by atoms with E-state index >= 15 is 0 Å². The van der Waals surface area contributed by atoms with Crippen molar-refractivity contribution >= 4 is 0 Å². The molecule has 0 spiro atoms. The Balaban J connectivity index is 1.89. The van der Waals surface area contributed by atoms with E-state index in [9.17, 15) is 0 Å². The molecule has 1 rings (SSSR count). The molecule has 0 atom stereocenters. The number of ether oxygens (including phenoxy) is 1. The Kier molecular flexibility index (Phi) is 7.74. The Morgan fingerprint density at radius 1 is 1.06 bits per heavy atom. The van der Waals surface area contributed by atoms with Crippen LogP contribution in [0.5, 0.6) is 0 Å². The van der Waals surface area contributed by atoms with Gasteiger partial charge in [-0.05, 0) is 24.9 Å². The van der Waals surface area contributed by atoms with E-state index in [-0.39, 0.29) is 0 Å². The highest BCUT2D eigenvalue weighted by atomic mass is 16.5. The van der Waals surface area contributed by atoms with Crippen molar-refractivity contribution in [2.75, 3.05) is 26.3 Å². The average molecular weight is 221 g/mol. The fraction of sp³-hybridized carbons (Fsp3) is 0.571. The molecule has 0 saturated heterocycles. The van der Waals surface area contributed by atoms with Crippen LogP contribution in [-0.4, -0.2) is 26.3 Å². The lowest BCUT2D eigenvalue weighted by Crippen LogP contribution is -2.21. The van der Waals surface area contributed by atoms with Crippen LogP contribution in [0.25, 0.3) is 0 Å². The summed E-state index contributed by atoms with van der Waals surface area (Å²) in [4.78, 5) is 0. The zero-order chi connectivity index (χ0) is 11.5. The quantitative estimate of drug-likeness (QED) is 0.647. The minimum atomic E-state index is 0.816. The zero-order valence-corrected chi connectivity index (χ0v) is 10.2. The molecule has 0 aliphatic rings. The van der Waals surface area contributed by atoms with Crippen LogP contribution in [0.15, 0.2) is 30.3 Å².